The van der Waals surface area contributed by atoms with Gasteiger partial charge >= 0.3 is 0 Å². The topological polar surface area (TPSA) is 52.0 Å². The molecular weight excluding hydrogens is 220 g/mol. The predicted octanol–water partition coefficient (Wildman–Crippen LogP) is 2.94. The SMILES string of the molecule is NC(c1ccccc1)c1nc2cscc2o1. The summed E-state index contributed by atoms with van der Waals surface area (Å²) in [7, 11) is 0. The molecule has 0 bridgehead atoms. The van der Waals surface area contributed by atoms with Crippen molar-refractivity contribution in [3.05, 3.63) is 52.5 Å². The zero-order valence-electron chi connectivity index (χ0n) is 8.46. The normalized spacial score (nSPS) is 13.1. The van der Waals surface area contributed by atoms with E-state index in [0.717, 1.165) is 16.7 Å². The summed E-state index contributed by atoms with van der Waals surface area (Å²) in [6.07, 6.45) is 0. The van der Waals surface area contributed by atoms with Gasteiger partial charge in [-0.3, -0.25) is 0 Å². The molecule has 80 valence electrons. The molecule has 1 unspecified atom stereocenters. The first-order chi connectivity index (χ1) is 7.84. The van der Waals surface area contributed by atoms with E-state index in [0.29, 0.717) is 5.89 Å². The Balaban J connectivity index is 2.01. The number of nitrogens with two attached hydrogens (primary N) is 1. The van der Waals surface area contributed by atoms with E-state index in [2.05, 4.69) is 4.98 Å². The number of rotatable bonds is 2. The molecule has 0 saturated heterocycles. The molecule has 2 aromatic heterocycles. The van der Waals surface area contributed by atoms with Crippen LogP contribution in [0.15, 0.2) is 45.5 Å². The van der Waals surface area contributed by atoms with E-state index in [1.807, 2.05) is 41.1 Å². The van der Waals surface area contributed by atoms with Crippen molar-refractivity contribution in [3.63, 3.8) is 0 Å². The molecule has 16 heavy (non-hydrogen) atoms. The van der Waals surface area contributed by atoms with Crippen LogP contribution in [0.2, 0.25) is 0 Å². The second kappa shape index (κ2) is 3.73. The molecule has 0 aliphatic heterocycles. The lowest BCUT2D eigenvalue weighted by molar-refractivity contribution is 0.505. The zero-order valence-corrected chi connectivity index (χ0v) is 9.28. The molecule has 2 N–H and O–H groups in total. The van der Waals surface area contributed by atoms with Gasteiger partial charge in [0.1, 0.15) is 11.6 Å². The molecule has 1 atom stereocenters. The van der Waals surface area contributed by atoms with Gasteiger partial charge < -0.3 is 10.2 Å². The van der Waals surface area contributed by atoms with Crippen LogP contribution in [0.4, 0.5) is 0 Å². The maximum atomic E-state index is 6.09. The number of hydrogen-bond donors (Lipinski definition) is 1. The summed E-state index contributed by atoms with van der Waals surface area (Å²) in [5.41, 5.74) is 8.79. The largest absolute Gasteiger partial charge is 0.438 e. The monoisotopic (exact) mass is 230 g/mol. The quantitative estimate of drug-likeness (QED) is 0.736. The summed E-state index contributed by atoms with van der Waals surface area (Å²) in [6.45, 7) is 0. The van der Waals surface area contributed by atoms with Crippen LogP contribution < -0.4 is 5.73 Å². The Morgan fingerprint density at radius 2 is 2.00 bits per heavy atom. The molecule has 0 aliphatic rings. The van der Waals surface area contributed by atoms with Gasteiger partial charge in [-0.05, 0) is 5.56 Å². The van der Waals surface area contributed by atoms with Crippen molar-refractivity contribution in [3.8, 4) is 0 Å². The molecule has 4 heteroatoms. The number of hydrogen-bond acceptors (Lipinski definition) is 4. The molecule has 3 aromatic rings. The molecule has 0 radical (unpaired) electrons. The van der Waals surface area contributed by atoms with E-state index in [9.17, 15) is 0 Å². The van der Waals surface area contributed by atoms with E-state index >= 15 is 0 Å². The highest BCUT2D eigenvalue weighted by Gasteiger charge is 2.15. The molecular formula is C12H10N2OS. The Morgan fingerprint density at radius 3 is 2.75 bits per heavy atom. The number of nitrogens with zero attached hydrogens (tertiary/aromatic N) is 1. The first-order valence-corrected chi connectivity index (χ1v) is 5.92. The Labute approximate surface area is 96.5 Å². The van der Waals surface area contributed by atoms with Crippen molar-refractivity contribution in [1.29, 1.82) is 0 Å². The van der Waals surface area contributed by atoms with Gasteiger partial charge in [0.25, 0.3) is 0 Å². The Bertz CT molecular complexity index is 571. The van der Waals surface area contributed by atoms with Gasteiger partial charge in [0.15, 0.2) is 5.58 Å². The molecule has 3 rings (SSSR count). The van der Waals surface area contributed by atoms with Crippen molar-refractivity contribution < 1.29 is 4.42 Å². The van der Waals surface area contributed by atoms with Gasteiger partial charge in [-0.25, -0.2) is 4.98 Å². The van der Waals surface area contributed by atoms with E-state index in [1.54, 1.807) is 11.3 Å². The molecule has 0 aliphatic carbocycles. The van der Waals surface area contributed by atoms with Crippen molar-refractivity contribution in [2.45, 2.75) is 6.04 Å². The Hall–Kier alpha value is -1.65. The minimum atomic E-state index is -0.293. The minimum Gasteiger partial charge on any atom is -0.438 e. The van der Waals surface area contributed by atoms with Crippen molar-refractivity contribution >= 4 is 22.4 Å². The van der Waals surface area contributed by atoms with Gasteiger partial charge in [0.05, 0.1) is 0 Å². The molecule has 2 heterocycles. The Kier molecular flexibility index (Phi) is 2.23. The van der Waals surface area contributed by atoms with Gasteiger partial charge in [0.2, 0.25) is 5.89 Å². The van der Waals surface area contributed by atoms with E-state index < -0.39 is 0 Å². The second-order valence-corrected chi connectivity index (χ2v) is 4.31. The van der Waals surface area contributed by atoms with Crippen LogP contribution in [0.25, 0.3) is 11.1 Å². The second-order valence-electron chi connectivity index (χ2n) is 3.56. The van der Waals surface area contributed by atoms with Crippen LogP contribution in [0.3, 0.4) is 0 Å². The predicted molar refractivity (Wildman–Crippen MR) is 64.4 cm³/mol. The first kappa shape index (κ1) is 9.57. The number of benzene rings is 1. The molecule has 3 nitrogen and oxygen atoms in total. The van der Waals surface area contributed by atoms with Crippen LogP contribution in [0, 0.1) is 0 Å². The van der Waals surface area contributed by atoms with Crippen molar-refractivity contribution in [2.24, 2.45) is 5.73 Å². The van der Waals surface area contributed by atoms with Crippen LogP contribution in [0.1, 0.15) is 17.5 Å². The number of fused-ring (bicyclic) bond motifs is 1. The molecule has 0 saturated carbocycles. The summed E-state index contributed by atoms with van der Waals surface area (Å²) in [6, 6.07) is 9.53. The summed E-state index contributed by atoms with van der Waals surface area (Å²) in [5, 5.41) is 3.89. The lowest BCUT2D eigenvalue weighted by Crippen LogP contribution is -2.11. The Morgan fingerprint density at radius 1 is 1.19 bits per heavy atom. The fraction of sp³-hybridized carbons (Fsp3) is 0.0833. The zero-order chi connectivity index (χ0) is 11.0. The highest BCUT2D eigenvalue weighted by Crippen LogP contribution is 2.25. The lowest BCUT2D eigenvalue weighted by atomic mass is 10.1. The lowest BCUT2D eigenvalue weighted by Gasteiger charge is -2.06. The molecule has 0 fully saturated rings. The standard InChI is InChI=1S/C12H10N2OS/c13-11(8-4-2-1-3-5-8)12-14-9-6-16-7-10(9)15-12/h1-7,11H,13H2. The molecule has 0 amide bonds. The van der Waals surface area contributed by atoms with E-state index in [4.69, 9.17) is 10.2 Å². The maximum absolute atomic E-state index is 6.09. The van der Waals surface area contributed by atoms with Gasteiger partial charge in [-0.2, -0.15) is 0 Å². The highest BCUT2D eigenvalue weighted by atomic mass is 32.1. The number of aromatic nitrogens is 1. The summed E-state index contributed by atoms with van der Waals surface area (Å²) >= 11 is 1.58. The van der Waals surface area contributed by atoms with E-state index in [-0.39, 0.29) is 6.04 Å². The van der Waals surface area contributed by atoms with E-state index in [1.165, 1.54) is 0 Å². The summed E-state index contributed by atoms with van der Waals surface area (Å²) in [4.78, 5) is 4.37. The van der Waals surface area contributed by atoms with Crippen molar-refractivity contribution in [1.82, 2.24) is 4.98 Å². The smallest absolute Gasteiger partial charge is 0.217 e. The third-order valence-corrected chi connectivity index (χ3v) is 3.19. The number of thiophene rings is 1. The summed E-state index contributed by atoms with van der Waals surface area (Å²) < 4.78 is 5.60. The van der Waals surface area contributed by atoms with Crippen LogP contribution in [-0.4, -0.2) is 4.98 Å². The van der Waals surface area contributed by atoms with Crippen LogP contribution in [0.5, 0.6) is 0 Å². The average Bonchev–Trinajstić information content (AvgIpc) is 2.89. The third kappa shape index (κ3) is 1.52. The fourth-order valence-corrected chi connectivity index (χ4v) is 2.28. The van der Waals surface area contributed by atoms with Crippen LogP contribution in [-0.2, 0) is 0 Å². The minimum absolute atomic E-state index is 0.293. The fourth-order valence-electron chi connectivity index (χ4n) is 1.63. The highest BCUT2D eigenvalue weighted by molar-refractivity contribution is 7.09. The summed E-state index contributed by atoms with van der Waals surface area (Å²) in [5.74, 6) is 0.573. The molecule has 1 aromatic carbocycles. The maximum Gasteiger partial charge on any atom is 0.217 e. The van der Waals surface area contributed by atoms with Gasteiger partial charge in [-0.1, -0.05) is 30.3 Å². The molecule has 0 spiro atoms. The first-order valence-electron chi connectivity index (χ1n) is 4.98. The van der Waals surface area contributed by atoms with Gasteiger partial charge in [0, 0.05) is 10.8 Å². The van der Waals surface area contributed by atoms with Crippen LogP contribution >= 0.6 is 11.3 Å². The third-order valence-electron chi connectivity index (χ3n) is 2.48. The average molecular weight is 230 g/mol. The van der Waals surface area contributed by atoms with Crippen molar-refractivity contribution in [2.75, 3.05) is 0 Å². The van der Waals surface area contributed by atoms with Gasteiger partial charge in [-0.15, -0.1) is 11.3 Å². The number of oxazole rings is 1.